The summed E-state index contributed by atoms with van der Waals surface area (Å²) in [5.41, 5.74) is 0.418. The number of aromatic nitrogens is 2. The topological polar surface area (TPSA) is 97.4 Å². The molecule has 0 saturated carbocycles. The highest BCUT2D eigenvalue weighted by molar-refractivity contribution is 7.89. The van der Waals surface area contributed by atoms with E-state index in [1.807, 2.05) is 20.8 Å². The molecule has 0 aliphatic heterocycles. The lowest BCUT2D eigenvalue weighted by Gasteiger charge is -2.20. The van der Waals surface area contributed by atoms with Crippen molar-refractivity contribution in [1.29, 1.82) is 0 Å². The summed E-state index contributed by atoms with van der Waals surface area (Å²) >= 11 is 0. The molecule has 0 aliphatic carbocycles. The Hall–Kier alpha value is -2.13. The van der Waals surface area contributed by atoms with Gasteiger partial charge in [-0.15, -0.1) is 0 Å². The van der Waals surface area contributed by atoms with E-state index in [9.17, 15) is 13.2 Å². The normalized spacial score (nSPS) is 12.6. The number of carbonyl (C=O) groups is 1. The molecule has 0 bridgehead atoms. The molecular formula is C17H26N4O4S. The van der Waals surface area contributed by atoms with E-state index >= 15 is 0 Å². The van der Waals surface area contributed by atoms with Gasteiger partial charge in [-0.05, 0) is 46.8 Å². The summed E-state index contributed by atoms with van der Waals surface area (Å²) in [4.78, 5) is 12.3. The Bertz CT molecular complexity index is 877. The smallest absolute Gasteiger partial charge is 0.246 e. The summed E-state index contributed by atoms with van der Waals surface area (Å²) in [5.74, 6) is 0.319. The molecule has 0 fully saturated rings. The number of rotatable bonds is 6. The van der Waals surface area contributed by atoms with Gasteiger partial charge in [-0.2, -0.15) is 9.40 Å². The van der Waals surface area contributed by atoms with Crippen molar-refractivity contribution < 1.29 is 17.6 Å². The highest BCUT2D eigenvalue weighted by Gasteiger charge is 2.30. The van der Waals surface area contributed by atoms with Crippen LogP contribution in [0.25, 0.3) is 0 Å². The summed E-state index contributed by atoms with van der Waals surface area (Å²) in [6.45, 7) is 8.99. The van der Waals surface area contributed by atoms with Crippen LogP contribution in [0.1, 0.15) is 37.9 Å². The van der Waals surface area contributed by atoms with Gasteiger partial charge in [0.15, 0.2) is 0 Å². The van der Waals surface area contributed by atoms with Crippen LogP contribution < -0.4 is 5.32 Å². The molecule has 1 N–H and O–H groups in total. The molecule has 2 rings (SSSR count). The highest BCUT2D eigenvalue weighted by atomic mass is 32.2. The molecule has 2 aromatic heterocycles. The second-order valence-corrected chi connectivity index (χ2v) is 9.28. The van der Waals surface area contributed by atoms with Crippen molar-refractivity contribution in [1.82, 2.24) is 19.4 Å². The van der Waals surface area contributed by atoms with E-state index in [1.54, 1.807) is 26.0 Å². The highest BCUT2D eigenvalue weighted by Crippen LogP contribution is 2.24. The van der Waals surface area contributed by atoms with Crippen molar-refractivity contribution in [2.24, 2.45) is 0 Å². The van der Waals surface area contributed by atoms with Crippen LogP contribution in [0.3, 0.4) is 0 Å². The number of nitrogens with zero attached hydrogens (tertiary/aromatic N) is 3. The minimum absolute atomic E-state index is 0.0403. The van der Waals surface area contributed by atoms with Crippen LogP contribution in [-0.4, -0.2) is 41.0 Å². The van der Waals surface area contributed by atoms with Gasteiger partial charge in [-0.25, -0.2) is 8.42 Å². The quantitative estimate of drug-likeness (QED) is 0.822. The fraction of sp³-hybridized carbons (Fsp3) is 0.529. The van der Waals surface area contributed by atoms with Crippen molar-refractivity contribution in [3.8, 4) is 0 Å². The minimum atomic E-state index is -3.77. The maximum Gasteiger partial charge on any atom is 0.246 e. The predicted octanol–water partition coefficient (Wildman–Crippen LogP) is 1.83. The molecule has 0 aromatic carbocycles. The third-order valence-corrected chi connectivity index (χ3v) is 5.81. The van der Waals surface area contributed by atoms with Gasteiger partial charge in [-0.3, -0.25) is 9.48 Å². The summed E-state index contributed by atoms with van der Waals surface area (Å²) < 4.78 is 33.8. The van der Waals surface area contributed by atoms with Gasteiger partial charge in [0.1, 0.15) is 17.2 Å². The third-order valence-electron chi connectivity index (χ3n) is 3.75. The Balaban J connectivity index is 2.27. The van der Waals surface area contributed by atoms with E-state index in [1.165, 1.54) is 22.3 Å². The molecule has 0 atom stereocenters. The average Bonchev–Trinajstić information content (AvgIpc) is 3.05. The van der Waals surface area contributed by atoms with E-state index < -0.39 is 10.0 Å². The Kier molecular flexibility index (Phi) is 5.62. The second-order valence-electron chi connectivity index (χ2n) is 7.30. The zero-order valence-corrected chi connectivity index (χ0v) is 16.8. The lowest BCUT2D eigenvalue weighted by atomic mass is 10.1. The summed E-state index contributed by atoms with van der Waals surface area (Å²) in [6.07, 6.45) is 1.50. The van der Waals surface area contributed by atoms with Crippen molar-refractivity contribution in [2.45, 2.75) is 58.1 Å². The monoisotopic (exact) mass is 382 g/mol. The number of sulfonamides is 1. The molecule has 9 heteroatoms. The Labute approximate surface area is 154 Å². The van der Waals surface area contributed by atoms with Crippen LogP contribution in [0, 0.1) is 13.8 Å². The Morgan fingerprint density at radius 1 is 1.35 bits per heavy atom. The van der Waals surface area contributed by atoms with Crippen LogP contribution >= 0.6 is 0 Å². The van der Waals surface area contributed by atoms with Gasteiger partial charge in [0.25, 0.3) is 0 Å². The van der Waals surface area contributed by atoms with Gasteiger partial charge in [0.05, 0.1) is 24.2 Å². The van der Waals surface area contributed by atoms with Crippen LogP contribution in [0.4, 0.5) is 0 Å². The van der Waals surface area contributed by atoms with Crippen molar-refractivity contribution in [3.05, 3.63) is 35.5 Å². The zero-order chi connectivity index (χ0) is 19.7. The van der Waals surface area contributed by atoms with E-state index in [-0.39, 0.29) is 29.4 Å². The van der Waals surface area contributed by atoms with Crippen LogP contribution in [-0.2, 0) is 27.9 Å². The minimum Gasteiger partial charge on any atom is -0.468 e. The maximum absolute atomic E-state index is 13.0. The third kappa shape index (κ3) is 4.53. The SMILES string of the molecule is Cc1nn(CC(=O)NC(C)(C)C)c(C)c1S(=O)(=O)N(C)Cc1ccco1. The van der Waals surface area contributed by atoms with Gasteiger partial charge in [0.2, 0.25) is 15.9 Å². The Morgan fingerprint density at radius 2 is 2.00 bits per heavy atom. The van der Waals surface area contributed by atoms with Crippen LogP contribution in [0.15, 0.2) is 27.7 Å². The number of hydrogen-bond donors (Lipinski definition) is 1. The maximum atomic E-state index is 13.0. The van der Waals surface area contributed by atoms with Gasteiger partial charge >= 0.3 is 0 Å². The molecule has 8 nitrogen and oxygen atoms in total. The van der Waals surface area contributed by atoms with Gasteiger partial charge < -0.3 is 9.73 Å². The summed E-state index contributed by atoms with van der Waals surface area (Å²) in [5, 5.41) is 7.10. The molecule has 1 amide bonds. The van der Waals surface area contributed by atoms with Crippen molar-refractivity contribution in [3.63, 3.8) is 0 Å². The summed E-state index contributed by atoms with van der Waals surface area (Å²) in [7, 11) is -2.28. The molecule has 2 heterocycles. The van der Waals surface area contributed by atoms with E-state index in [0.717, 1.165) is 0 Å². The standard InChI is InChI=1S/C17H26N4O4S/c1-12-16(26(23,24)20(6)10-14-8-7-9-25-14)13(2)21(19-12)11-15(22)18-17(3,4)5/h7-9H,10-11H2,1-6H3,(H,18,22). The Morgan fingerprint density at radius 3 is 2.54 bits per heavy atom. The van der Waals surface area contributed by atoms with E-state index in [0.29, 0.717) is 17.1 Å². The fourth-order valence-corrected chi connectivity index (χ4v) is 4.17. The zero-order valence-electron chi connectivity index (χ0n) is 16.0. The van der Waals surface area contributed by atoms with E-state index in [2.05, 4.69) is 10.4 Å². The number of aryl methyl sites for hydroxylation is 1. The first kappa shape index (κ1) is 20.2. The molecule has 26 heavy (non-hydrogen) atoms. The molecule has 0 unspecified atom stereocenters. The first-order valence-corrected chi connectivity index (χ1v) is 9.69. The van der Waals surface area contributed by atoms with Gasteiger partial charge in [0, 0.05) is 12.6 Å². The lowest BCUT2D eigenvalue weighted by molar-refractivity contribution is -0.123. The largest absolute Gasteiger partial charge is 0.468 e. The number of amides is 1. The second kappa shape index (κ2) is 7.24. The number of nitrogens with one attached hydrogen (secondary N) is 1. The average molecular weight is 382 g/mol. The summed E-state index contributed by atoms with van der Waals surface area (Å²) in [6, 6.07) is 3.42. The van der Waals surface area contributed by atoms with Crippen molar-refractivity contribution in [2.75, 3.05) is 7.05 Å². The van der Waals surface area contributed by atoms with Crippen molar-refractivity contribution >= 4 is 15.9 Å². The predicted molar refractivity (Wildman–Crippen MR) is 97.0 cm³/mol. The number of furan rings is 1. The molecule has 0 aliphatic rings. The molecule has 0 radical (unpaired) electrons. The number of carbonyl (C=O) groups excluding carboxylic acids is 1. The van der Waals surface area contributed by atoms with Crippen LogP contribution in [0.2, 0.25) is 0 Å². The molecule has 0 spiro atoms. The molecule has 0 saturated heterocycles. The number of hydrogen-bond acceptors (Lipinski definition) is 5. The molecule has 2 aromatic rings. The molecule has 144 valence electrons. The van der Waals surface area contributed by atoms with Crippen LogP contribution in [0.5, 0.6) is 0 Å². The van der Waals surface area contributed by atoms with E-state index in [4.69, 9.17) is 4.42 Å². The molecular weight excluding hydrogens is 356 g/mol. The lowest BCUT2D eigenvalue weighted by Crippen LogP contribution is -2.42. The van der Waals surface area contributed by atoms with Gasteiger partial charge in [-0.1, -0.05) is 0 Å². The first-order valence-electron chi connectivity index (χ1n) is 8.25. The fourth-order valence-electron chi connectivity index (χ4n) is 2.66. The first-order chi connectivity index (χ1) is 11.9.